The number of nitrogens with zero attached hydrogens (tertiary/aromatic N) is 3. The van der Waals surface area contributed by atoms with Gasteiger partial charge in [0.05, 0.1) is 23.2 Å². The quantitative estimate of drug-likeness (QED) is 0.250. The molecule has 3 rings (SSSR count). The number of hydrogen-bond acceptors (Lipinski definition) is 6. The number of fused-ring (bicyclic) bond motifs is 1. The zero-order chi connectivity index (χ0) is 27.6. The second-order valence-corrected chi connectivity index (χ2v) is 10.00. The van der Waals surface area contributed by atoms with E-state index < -0.39 is 0 Å². The van der Waals surface area contributed by atoms with Gasteiger partial charge >= 0.3 is 0 Å². The molecule has 0 spiro atoms. The standard InChI is InChI=1S/C27H38N4OS.2C2H6/c1-5-7-10-22(6-2)23(19-32)18-28-15-13-21-9-8-17-31(4)27(29-16-14-21)24-11-12-25-26(24)30-20(3)33-25;2*1-2/h5-8,10,14,16-17,21,23-24,28,32H,1,9,11-13,15,18-19H2,2-4H3;2*1-2H3/b10-7-,16-14+,17-8+,22-6+,29-27?;;. The van der Waals surface area contributed by atoms with Crippen LogP contribution in [0.2, 0.25) is 0 Å². The molecule has 0 amide bonds. The molecule has 0 aromatic carbocycles. The fourth-order valence-corrected chi connectivity index (χ4v) is 5.54. The van der Waals surface area contributed by atoms with E-state index >= 15 is 0 Å². The molecule has 3 atom stereocenters. The Morgan fingerprint density at radius 2 is 2.08 bits per heavy atom. The lowest BCUT2D eigenvalue weighted by Crippen LogP contribution is -2.28. The van der Waals surface area contributed by atoms with Gasteiger partial charge in [0.15, 0.2) is 0 Å². The molecule has 2 aliphatic rings. The highest BCUT2D eigenvalue weighted by Crippen LogP contribution is 2.38. The van der Waals surface area contributed by atoms with Crippen LogP contribution in [0.5, 0.6) is 0 Å². The molecule has 0 radical (unpaired) electrons. The summed E-state index contributed by atoms with van der Waals surface area (Å²) in [5.74, 6) is 1.89. The lowest BCUT2D eigenvalue weighted by molar-refractivity contribution is 0.244. The average molecular weight is 527 g/mol. The Morgan fingerprint density at radius 3 is 2.76 bits per heavy atom. The zero-order valence-electron chi connectivity index (χ0n) is 24.2. The van der Waals surface area contributed by atoms with Gasteiger partial charge in [-0.3, -0.25) is 0 Å². The molecule has 3 unspecified atom stereocenters. The van der Waals surface area contributed by atoms with Crippen LogP contribution in [-0.4, -0.2) is 47.6 Å². The molecule has 0 saturated carbocycles. The van der Waals surface area contributed by atoms with Gasteiger partial charge in [-0.1, -0.05) is 70.7 Å². The maximum Gasteiger partial charge on any atom is 0.117 e. The van der Waals surface area contributed by atoms with Gasteiger partial charge in [-0.25, -0.2) is 9.98 Å². The Morgan fingerprint density at radius 1 is 1.32 bits per heavy atom. The predicted molar refractivity (Wildman–Crippen MR) is 163 cm³/mol. The van der Waals surface area contributed by atoms with E-state index in [-0.39, 0.29) is 18.4 Å². The van der Waals surface area contributed by atoms with Gasteiger partial charge in [0.25, 0.3) is 0 Å². The van der Waals surface area contributed by atoms with Crippen LogP contribution >= 0.6 is 11.3 Å². The lowest BCUT2D eigenvalue weighted by atomic mass is 9.98. The van der Waals surface area contributed by atoms with E-state index in [1.54, 1.807) is 6.08 Å². The third-order valence-corrected chi connectivity index (χ3v) is 7.41. The molecule has 0 bridgehead atoms. The summed E-state index contributed by atoms with van der Waals surface area (Å²) in [4.78, 5) is 13.3. The molecule has 0 saturated heterocycles. The van der Waals surface area contributed by atoms with Crippen molar-refractivity contribution in [2.75, 3.05) is 26.7 Å². The van der Waals surface area contributed by atoms with Crippen LogP contribution in [0.3, 0.4) is 0 Å². The molecule has 2 heterocycles. The molecular weight excluding hydrogens is 476 g/mol. The molecule has 37 heavy (non-hydrogen) atoms. The molecule has 1 aromatic rings. The fourth-order valence-electron chi connectivity index (χ4n) is 4.53. The second-order valence-electron chi connectivity index (χ2n) is 8.71. The number of hydrogen-bond donors (Lipinski definition) is 2. The maximum atomic E-state index is 9.79. The topological polar surface area (TPSA) is 60.8 Å². The number of nitrogens with one attached hydrogen (secondary N) is 1. The zero-order valence-corrected chi connectivity index (χ0v) is 25.0. The Labute approximate surface area is 230 Å². The first-order chi connectivity index (χ1) is 18.1. The van der Waals surface area contributed by atoms with Gasteiger partial charge in [-0.15, -0.1) is 11.3 Å². The summed E-state index contributed by atoms with van der Waals surface area (Å²) < 4.78 is 0. The Kier molecular flexibility index (Phi) is 16.7. The SMILES string of the molecule is C=C/C=C\C(=C/C)C(CO)CNCCC1/C=C/N=C(C2CCc3sc(C)nc32)N(C)/C=C/C1.CC.CC. The molecule has 1 aliphatic heterocycles. The Balaban J connectivity index is 0.00000163. The van der Waals surface area contributed by atoms with Crippen molar-refractivity contribution in [1.82, 2.24) is 15.2 Å². The molecule has 1 aromatic heterocycles. The molecule has 2 N–H and O–H groups in total. The van der Waals surface area contributed by atoms with Crippen molar-refractivity contribution in [2.45, 2.75) is 73.1 Å². The number of thiazole rings is 1. The van der Waals surface area contributed by atoms with E-state index in [1.165, 1.54) is 10.6 Å². The monoisotopic (exact) mass is 526 g/mol. The summed E-state index contributed by atoms with van der Waals surface area (Å²) >= 11 is 1.83. The number of aliphatic imine (C=N–C) groups is 1. The van der Waals surface area contributed by atoms with Crippen LogP contribution in [0.25, 0.3) is 0 Å². The summed E-state index contributed by atoms with van der Waals surface area (Å²) in [6, 6.07) is 0. The summed E-state index contributed by atoms with van der Waals surface area (Å²) in [5, 5.41) is 14.5. The molecule has 6 heteroatoms. The Hall–Kier alpha value is -2.28. The number of amidine groups is 1. The van der Waals surface area contributed by atoms with E-state index in [1.807, 2.05) is 64.3 Å². The number of allylic oxidation sites excluding steroid dienone is 6. The van der Waals surface area contributed by atoms with Crippen molar-refractivity contribution in [3.8, 4) is 0 Å². The molecule has 206 valence electrons. The third kappa shape index (κ3) is 10.2. The smallest absolute Gasteiger partial charge is 0.117 e. The number of aryl methyl sites for hydroxylation is 2. The van der Waals surface area contributed by atoms with Crippen molar-refractivity contribution in [1.29, 1.82) is 0 Å². The van der Waals surface area contributed by atoms with E-state index in [2.05, 4.69) is 55.2 Å². The molecular formula is C31H50N4OS. The first kappa shape index (κ1) is 32.7. The van der Waals surface area contributed by atoms with Gasteiger partial charge in [-0.2, -0.15) is 0 Å². The largest absolute Gasteiger partial charge is 0.396 e. The van der Waals surface area contributed by atoms with Crippen LogP contribution in [0.4, 0.5) is 0 Å². The van der Waals surface area contributed by atoms with Crippen LogP contribution in [0, 0.1) is 18.8 Å². The van der Waals surface area contributed by atoms with Crippen LogP contribution in [0.15, 0.2) is 66.0 Å². The summed E-state index contributed by atoms with van der Waals surface area (Å²) in [6.45, 7) is 17.6. The summed E-state index contributed by atoms with van der Waals surface area (Å²) in [6.07, 6.45) is 20.6. The predicted octanol–water partition coefficient (Wildman–Crippen LogP) is 7.19. The van der Waals surface area contributed by atoms with Crippen molar-refractivity contribution in [3.63, 3.8) is 0 Å². The van der Waals surface area contributed by atoms with E-state index in [0.717, 1.165) is 55.2 Å². The Bertz CT molecular complexity index is 941. The summed E-state index contributed by atoms with van der Waals surface area (Å²) in [7, 11) is 2.09. The number of aliphatic hydroxyl groups is 1. The molecule has 0 fully saturated rings. The highest BCUT2D eigenvalue weighted by atomic mass is 32.1. The van der Waals surface area contributed by atoms with E-state index in [9.17, 15) is 5.11 Å². The third-order valence-electron chi connectivity index (χ3n) is 6.36. The van der Waals surface area contributed by atoms with Crippen LogP contribution in [-0.2, 0) is 6.42 Å². The van der Waals surface area contributed by atoms with Gasteiger partial charge < -0.3 is 15.3 Å². The fraction of sp³-hybridized carbons (Fsp3) is 0.548. The molecule has 1 aliphatic carbocycles. The van der Waals surface area contributed by atoms with E-state index in [0.29, 0.717) is 5.92 Å². The number of aromatic nitrogens is 1. The first-order valence-electron chi connectivity index (χ1n) is 13.9. The van der Waals surface area contributed by atoms with Crippen molar-refractivity contribution in [3.05, 3.63) is 76.6 Å². The van der Waals surface area contributed by atoms with Crippen LogP contribution in [0.1, 0.15) is 75.4 Å². The van der Waals surface area contributed by atoms with Gasteiger partial charge in [0.1, 0.15) is 5.84 Å². The highest BCUT2D eigenvalue weighted by Gasteiger charge is 2.31. The molecule has 5 nitrogen and oxygen atoms in total. The van der Waals surface area contributed by atoms with Crippen LogP contribution < -0.4 is 5.32 Å². The number of likely N-dealkylation sites (N-methyl/N-ethyl adjacent to an activating group) is 1. The van der Waals surface area contributed by atoms with E-state index in [4.69, 9.17) is 9.98 Å². The van der Waals surface area contributed by atoms with Crippen molar-refractivity contribution in [2.24, 2.45) is 16.8 Å². The van der Waals surface area contributed by atoms with Gasteiger partial charge in [-0.05, 0) is 57.6 Å². The van der Waals surface area contributed by atoms with Crippen molar-refractivity contribution < 1.29 is 5.11 Å². The van der Waals surface area contributed by atoms with Gasteiger partial charge in [0, 0.05) is 36.8 Å². The number of aliphatic hydroxyl groups excluding tert-OH is 1. The second kappa shape index (κ2) is 18.9. The minimum atomic E-state index is 0.0913. The van der Waals surface area contributed by atoms with Crippen molar-refractivity contribution >= 4 is 17.2 Å². The maximum absolute atomic E-state index is 9.79. The normalized spacial score (nSPS) is 21.8. The minimum Gasteiger partial charge on any atom is -0.396 e. The average Bonchev–Trinajstić information content (AvgIpc) is 3.50. The van der Waals surface area contributed by atoms with Gasteiger partial charge in [0.2, 0.25) is 0 Å². The summed E-state index contributed by atoms with van der Waals surface area (Å²) in [5.41, 5.74) is 2.36. The highest BCUT2D eigenvalue weighted by molar-refractivity contribution is 7.11. The first-order valence-corrected chi connectivity index (χ1v) is 14.8. The minimum absolute atomic E-state index is 0.0913. The lowest BCUT2D eigenvalue weighted by Gasteiger charge is -2.21. The number of rotatable bonds is 10.